The van der Waals surface area contributed by atoms with Gasteiger partial charge in [0.15, 0.2) is 5.82 Å². The number of imidazole rings is 1. The Morgan fingerprint density at radius 2 is 2.00 bits per heavy atom. The predicted molar refractivity (Wildman–Crippen MR) is 137 cm³/mol. The smallest absolute Gasteiger partial charge is 0.412 e. The number of carbonyl (C=O) groups excluding carboxylic acids is 1. The third kappa shape index (κ3) is 6.70. The van der Waals surface area contributed by atoms with E-state index in [2.05, 4.69) is 40.2 Å². The number of ether oxygens (including phenoxy) is 1. The number of anilines is 1. The van der Waals surface area contributed by atoms with Crippen LogP contribution in [0.5, 0.6) is 0 Å². The van der Waals surface area contributed by atoms with Crippen molar-refractivity contribution in [1.29, 1.82) is 0 Å². The molecule has 176 valence electrons. The summed E-state index contributed by atoms with van der Waals surface area (Å²) in [6, 6.07) is 6.22. The van der Waals surface area contributed by atoms with Gasteiger partial charge >= 0.3 is 13.7 Å². The van der Waals surface area contributed by atoms with E-state index in [0.29, 0.717) is 42.4 Å². The number of fused-ring (bicyclic) bond motifs is 1. The number of hydrogen-bond donors (Lipinski definition) is 2. The summed E-state index contributed by atoms with van der Waals surface area (Å²) in [6.45, 7) is 9.47. The molecule has 0 radical (unpaired) electrons. The van der Waals surface area contributed by atoms with Crippen LogP contribution in [-0.2, 0) is 15.9 Å². The summed E-state index contributed by atoms with van der Waals surface area (Å²) < 4.78 is 12.3. The van der Waals surface area contributed by atoms with Crippen LogP contribution in [-0.4, -0.2) is 49.9 Å². The number of aromatic nitrogens is 3. The van der Waals surface area contributed by atoms with Crippen LogP contribution >= 0.6 is 23.2 Å². The number of benzene rings is 1. The van der Waals surface area contributed by atoms with E-state index in [1.54, 1.807) is 25.4 Å². The molecule has 0 aliphatic rings. The minimum atomic E-state index is -1.30. The molecule has 0 aliphatic heterocycles. The van der Waals surface area contributed by atoms with Gasteiger partial charge in [0.1, 0.15) is 0 Å². The summed E-state index contributed by atoms with van der Waals surface area (Å²) in [5.74, 6) is 0.773. The van der Waals surface area contributed by atoms with E-state index in [-0.39, 0.29) is 0 Å². The molecule has 2 aromatic heterocycles. The van der Waals surface area contributed by atoms with Crippen LogP contribution in [0.3, 0.4) is 0 Å². The number of rotatable bonds is 9. The lowest BCUT2D eigenvalue weighted by atomic mass is 10.0. The highest BCUT2D eigenvalue weighted by Gasteiger charge is 2.20. The zero-order chi connectivity index (χ0) is 24.2. The highest BCUT2D eigenvalue weighted by Crippen LogP contribution is 2.34. The number of aryl methyl sites for hydroxylation is 1. The van der Waals surface area contributed by atoms with E-state index in [1.165, 1.54) is 0 Å². The molecule has 0 saturated carbocycles. The van der Waals surface area contributed by atoms with Gasteiger partial charge in [-0.05, 0) is 31.2 Å². The zero-order valence-corrected chi connectivity index (χ0v) is 22.0. The SMILES string of the molecule is COBNCc1c(C)nc2nc(NC(=O)OCC[Si](C)(C)C)cn2c1-c1ccc(Cl)cc1Cl. The molecule has 0 spiro atoms. The van der Waals surface area contributed by atoms with Gasteiger partial charge in [0.05, 0.1) is 23.5 Å². The monoisotopic (exact) mass is 507 g/mol. The van der Waals surface area contributed by atoms with Crippen LogP contribution in [0.1, 0.15) is 11.3 Å². The lowest BCUT2D eigenvalue weighted by molar-refractivity contribution is 0.167. The summed E-state index contributed by atoms with van der Waals surface area (Å²) in [4.78, 5) is 21.4. The molecule has 0 unspecified atom stereocenters. The Morgan fingerprint density at radius 1 is 1.24 bits per heavy atom. The zero-order valence-electron chi connectivity index (χ0n) is 19.5. The lowest BCUT2D eigenvalue weighted by Crippen LogP contribution is -2.24. The summed E-state index contributed by atoms with van der Waals surface area (Å²) in [5, 5.41) is 6.96. The molecule has 3 rings (SSSR count). The van der Waals surface area contributed by atoms with Crippen LogP contribution in [0.15, 0.2) is 24.4 Å². The first-order chi connectivity index (χ1) is 15.6. The molecule has 2 heterocycles. The average molecular weight is 508 g/mol. The van der Waals surface area contributed by atoms with Gasteiger partial charge in [0.25, 0.3) is 0 Å². The Morgan fingerprint density at radius 3 is 2.67 bits per heavy atom. The third-order valence-corrected chi connectivity index (χ3v) is 7.22. The molecule has 1 aromatic carbocycles. The molecule has 0 fully saturated rings. The maximum Gasteiger partial charge on any atom is 0.412 e. The lowest BCUT2D eigenvalue weighted by Gasteiger charge is -2.16. The molecule has 3 aromatic rings. The largest absolute Gasteiger partial charge is 0.450 e. The van der Waals surface area contributed by atoms with Gasteiger partial charge in [0, 0.05) is 43.6 Å². The van der Waals surface area contributed by atoms with Crippen LogP contribution in [0.4, 0.5) is 10.6 Å². The van der Waals surface area contributed by atoms with Gasteiger partial charge in [0.2, 0.25) is 5.78 Å². The third-order valence-electron chi connectivity index (χ3n) is 4.97. The Hall–Kier alpha value is -2.11. The minimum absolute atomic E-state index is 0.341. The van der Waals surface area contributed by atoms with Crippen molar-refractivity contribution in [3.8, 4) is 11.3 Å². The quantitative estimate of drug-likeness (QED) is 0.316. The number of amides is 1. The van der Waals surface area contributed by atoms with Crippen molar-refractivity contribution in [3.63, 3.8) is 0 Å². The molecule has 0 bridgehead atoms. The molecule has 8 nitrogen and oxygen atoms in total. The van der Waals surface area contributed by atoms with Crippen LogP contribution in [0.2, 0.25) is 35.7 Å². The van der Waals surface area contributed by atoms with Crippen molar-refractivity contribution in [3.05, 3.63) is 45.7 Å². The van der Waals surface area contributed by atoms with E-state index >= 15 is 0 Å². The van der Waals surface area contributed by atoms with Crippen molar-refractivity contribution in [2.24, 2.45) is 0 Å². The van der Waals surface area contributed by atoms with Crippen LogP contribution in [0, 0.1) is 6.92 Å². The number of halogens is 2. The van der Waals surface area contributed by atoms with E-state index in [0.717, 1.165) is 28.6 Å². The number of hydrogen-bond acceptors (Lipinski definition) is 6. The molecule has 33 heavy (non-hydrogen) atoms. The fourth-order valence-corrected chi connectivity index (χ4v) is 4.47. The van der Waals surface area contributed by atoms with Gasteiger partial charge in [-0.25, -0.2) is 9.78 Å². The van der Waals surface area contributed by atoms with E-state index in [1.807, 2.05) is 17.4 Å². The average Bonchev–Trinajstić information content (AvgIpc) is 3.09. The van der Waals surface area contributed by atoms with Crippen molar-refractivity contribution < 1.29 is 14.2 Å². The first-order valence-electron chi connectivity index (χ1n) is 10.6. The highest BCUT2D eigenvalue weighted by atomic mass is 35.5. The first kappa shape index (κ1) is 25.5. The van der Waals surface area contributed by atoms with Crippen molar-refractivity contribution in [2.75, 3.05) is 19.0 Å². The predicted octanol–water partition coefficient (Wildman–Crippen LogP) is 4.90. The van der Waals surface area contributed by atoms with Gasteiger partial charge in [-0.3, -0.25) is 9.72 Å². The second-order valence-corrected chi connectivity index (χ2v) is 15.3. The Kier molecular flexibility index (Phi) is 8.41. The maximum absolute atomic E-state index is 12.3. The highest BCUT2D eigenvalue weighted by molar-refractivity contribution is 6.76. The molecule has 1 amide bonds. The van der Waals surface area contributed by atoms with Crippen LogP contribution in [0.25, 0.3) is 17.0 Å². The standard InChI is InChI=1S/C21H28BCl2N5O3Si/c1-13-16(11-25-22-31-2)19(15-7-6-14(23)10-17(15)24)29-12-18(27-20(29)26-13)28-21(30)32-8-9-33(3,4)5/h6-7,10,12,22,25H,8-9,11H2,1-5H3,(H,28,30). The molecule has 2 N–H and O–H groups in total. The minimum Gasteiger partial charge on any atom is -0.450 e. The van der Waals surface area contributed by atoms with E-state index in [9.17, 15) is 4.79 Å². The Labute approximate surface area is 205 Å². The van der Waals surface area contributed by atoms with Gasteiger partial charge < -0.3 is 14.6 Å². The Balaban J connectivity index is 1.98. The summed E-state index contributed by atoms with van der Waals surface area (Å²) in [5.41, 5.74) is 3.27. The van der Waals surface area contributed by atoms with Gasteiger partial charge in [-0.2, -0.15) is 4.98 Å². The number of nitrogens with zero attached hydrogens (tertiary/aromatic N) is 3. The van der Waals surface area contributed by atoms with Crippen molar-refractivity contribution in [1.82, 2.24) is 19.6 Å². The summed E-state index contributed by atoms with van der Waals surface area (Å²) in [7, 11) is 0.705. The van der Waals surface area contributed by atoms with Crippen molar-refractivity contribution >= 4 is 56.6 Å². The first-order valence-corrected chi connectivity index (χ1v) is 15.0. The topological polar surface area (TPSA) is 89.8 Å². The van der Waals surface area contributed by atoms with Gasteiger partial charge in [-0.15, -0.1) is 0 Å². The van der Waals surface area contributed by atoms with E-state index < -0.39 is 14.2 Å². The summed E-state index contributed by atoms with van der Waals surface area (Å²) in [6.07, 6.45) is 1.17. The number of nitrogens with one attached hydrogen (secondary N) is 2. The van der Waals surface area contributed by atoms with Crippen LogP contribution < -0.4 is 10.5 Å². The molecular formula is C21H28BCl2N5O3Si. The normalized spacial score (nSPS) is 11.6. The summed E-state index contributed by atoms with van der Waals surface area (Å²) >= 11 is 12.7. The second-order valence-electron chi connectivity index (χ2n) is 8.88. The second kappa shape index (κ2) is 10.9. The van der Waals surface area contributed by atoms with E-state index in [4.69, 9.17) is 32.6 Å². The maximum atomic E-state index is 12.3. The molecule has 0 saturated heterocycles. The fraction of sp³-hybridized carbons (Fsp3) is 0.381. The molecule has 0 atom stereocenters. The Bertz CT molecular complexity index is 1150. The van der Waals surface area contributed by atoms with Crippen molar-refractivity contribution in [2.45, 2.75) is 39.2 Å². The molecule has 12 heteroatoms. The fourth-order valence-electron chi connectivity index (χ4n) is 3.26. The van der Waals surface area contributed by atoms with Gasteiger partial charge in [-0.1, -0.05) is 42.8 Å². The number of carbonyl (C=O) groups is 1. The molecular weight excluding hydrogens is 480 g/mol. The molecule has 0 aliphatic carbocycles.